The van der Waals surface area contributed by atoms with Gasteiger partial charge in [-0.2, -0.15) is 10.2 Å². The Morgan fingerprint density at radius 3 is 1.96 bits per heavy atom. The lowest BCUT2D eigenvalue weighted by atomic mass is 10.2. The summed E-state index contributed by atoms with van der Waals surface area (Å²) in [6.07, 6.45) is 0. The molecule has 0 saturated carbocycles. The van der Waals surface area contributed by atoms with Crippen LogP contribution in [0.5, 0.6) is 5.88 Å². The largest absolute Gasteiger partial charge is 0.481 e. The van der Waals surface area contributed by atoms with E-state index in [0.717, 1.165) is 36.4 Å². The van der Waals surface area contributed by atoms with Crippen molar-refractivity contribution < 1.29 is 9.84 Å². The van der Waals surface area contributed by atoms with Crippen molar-refractivity contribution in [3.63, 3.8) is 0 Å². The number of aromatic nitrogens is 4. The van der Waals surface area contributed by atoms with E-state index in [9.17, 15) is 5.11 Å². The number of rotatable bonds is 2. The third kappa shape index (κ3) is 3.76. The molecule has 0 aliphatic carbocycles. The van der Waals surface area contributed by atoms with Crippen LogP contribution in [0.1, 0.15) is 5.69 Å². The Bertz CT molecular complexity index is 1080. The molecule has 0 atom stereocenters. The predicted molar refractivity (Wildman–Crippen MR) is 119 cm³/mol. The van der Waals surface area contributed by atoms with Crippen LogP contribution in [0.15, 0.2) is 33.2 Å². The molecular weight excluding hydrogens is 535 g/mol. The van der Waals surface area contributed by atoms with Crippen LogP contribution in [0.4, 0.5) is 0 Å². The van der Waals surface area contributed by atoms with Crippen LogP contribution < -0.4 is 4.74 Å². The lowest BCUT2D eigenvalue weighted by Crippen LogP contribution is -1.97. The summed E-state index contributed by atoms with van der Waals surface area (Å²) in [7, 11) is 5.21. The number of nitrogens with zero attached hydrogens (tertiary/aromatic N) is 4. The molecule has 0 radical (unpaired) electrons. The molecule has 148 valence electrons. The number of fused-ring (bicyclic) bond motifs is 2. The van der Waals surface area contributed by atoms with Crippen molar-refractivity contribution >= 4 is 76.9 Å². The van der Waals surface area contributed by atoms with Crippen molar-refractivity contribution in [2.45, 2.75) is 6.61 Å². The Morgan fingerprint density at radius 2 is 1.43 bits per heavy atom. The summed E-state index contributed by atoms with van der Waals surface area (Å²) < 4.78 is 10.2. The lowest BCUT2D eigenvalue weighted by molar-refractivity contribution is 0.272. The fraction of sp³-hybridized carbons (Fsp3) is 0.222. The average Bonchev–Trinajstić information content (AvgIpc) is 3.18. The van der Waals surface area contributed by atoms with Crippen LogP contribution in [0.25, 0.3) is 21.8 Å². The lowest BCUT2D eigenvalue weighted by Gasteiger charge is -2.01. The van der Waals surface area contributed by atoms with Crippen LogP contribution in [-0.4, -0.2) is 31.8 Å². The van der Waals surface area contributed by atoms with E-state index in [1.807, 2.05) is 31.3 Å². The molecule has 0 unspecified atom stereocenters. The smallest absolute Gasteiger partial charge is 0.220 e. The number of aliphatic hydroxyl groups is 1. The Balaban J connectivity index is 0.000000161. The van der Waals surface area contributed by atoms with Gasteiger partial charge in [0, 0.05) is 28.4 Å². The average molecular weight is 551 g/mol. The fourth-order valence-corrected chi connectivity index (χ4v) is 4.06. The van der Waals surface area contributed by atoms with Gasteiger partial charge in [-0.1, -0.05) is 23.2 Å². The van der Waals surface area contributed by atoms with Crippen LogP contribution in [0.2, 0.25) is 10.0 Å². The molecule has 4 rings (SSSR count). The first-order chi connectivity index (χ1) is 13.3. The van der Waals surface area contributed by atoms with Gasteiger partial charge >= 0.3 is 0 Å². The van der Waals surface area contributed by atoms with Gasteiger partial charge in [0.2, 0.25) is 5.88 Å². The Morgan fingerprint density at radius 1 is 0.929 bits per heavy atom. The van der Waals surface area contributed by atoms with Crippen LogP contribution in [0, 0.1) is 0 Å². The summed E-state index contributed by atoms with van der Waals surface area (Å²) in [5.41, 5.74) is 2.36. The minimum absolute atomic E-state index is 0.0663. The summed E-state index contributed by atoms with van der Waals surface area (Å²) >= 11 is 19.0. The molecule has 0 bridgehead atoms. The van der Waals surface area contributed by atoms with Gasteiger partial charge in [-0.05, 0) is 56.1 Å². The fourth-order valence-electron chi connectivity index (χ4n) is 2.89. The zero-order chi connectivity index (χ0) is 20.6. The first-order valence-corrected chi connectivity index (χ1v) is 10.4. The SMILES string of the molecule is COc1c2c(Cl)c(Br)ccc2nn1C.Cn1nc2ccc(Br)c(Cl)c2c1CO. The molecule has 2 heterocycles. The van der Waals surface area contributed by atoms with Crippen LogP contribution >= 0.6 is 55.1 Å². The van der Waals surface area contributed by atoms with E-state index in [0.29, 0.717) is 15.9 Å². The summed E-state index contributed by atoms with van der Waals surface area (Å²) in [6, 6.07) is 7.48. The summed E-state index contributed by atoms with van der Waals surface area (Å²) in [6.45, 7) is -0.0663. The maximum Gasteiger partial charge on any atom is 0.220 e. The molecule has 0 amide bonds. The van der Waals surface area contributed by atoms with Crippen molar-refractivity contribution in [3.05, 3.63) is 49.0 Å². The molecule has 6 nitrogen and oxygen atoms in total. The zero-order valence-corrected chi connectivity index (χ0v) is 19.9. The van der Waals surface area contributed by atoms with E-state index < -0.39 is 0 Å². The van der Waals surface area contributed by atoms with Gasteiger partial charge in [0.15, 0.2) is 0 Å². The van der Waals surface area contributed by atoms with Crippen molar-refractivity contribution in [2.75, 3.05) is 7.11 Å². The highest BCUT2D eigenvalue weighted by atomic mass is 79.9. The van der Waals surface area contributed by atoms with Gasteiger partial charge in [-0.3, -0.25) is 4.68 Å². The number of hydrogen-bond donors (Lipinski definition) is 1. The molecule has 10 heteroatoms. The quantitative estimate of drug-likeness (QED) is 0.359. The zero-order valence-electron chi connectivity index (χ0n) is 15.2. The number of hydrogen-bond acceptors (Lipinski definition) is 4. The van der Waals surface area contributed by atoms with E-state index in [1.54, 1.807) is 23.5 Å². The third-order valence-electron chi connectivity index (χ3n) is 4.19. The number of benzene rings is 2. The number of aliphatic hydroxyl groups excluding tert-OH is 1. The maximum absolute atomic E-state index is 9.19. The summed E-state index contributed by atoms with van der Waals surface area (Å²) in [5, 5.41) is 20.6. The molecule has 0 aliphatic heterocycles. The van der Waals surface area contributed by atoms with Crippen molar-refractivity contribution in [2.24, 2.45) is 14.1 Å². The van der Waals surface area contributed by atoms with Gasteiger partial charge in [-0.25, -0.2) is 4.68 Å². The van der Waals surface area contributed by atoms with Gasteiger partial charge < -0.3 is 9.84 Å². The first kappa shape index (κ1) is 21.4. The second-order valence-corrected chi connectivity index (χ2v) is 8.34. The molecule has 0 spiro atoms. The van der Waals surface area contributed by atoms with Gasteiger partial charge in [0.05, 0.1) is 45.9 Å². The third-order valence-corrected chi connectivity index (χ3v) is 6.75. The second kappa shape index (κ2) is 8.59. The maximum atomic E-state index is 9.19. The Labute approximate surface area is 188 Å². The second-order valence-electron chi connectivity index (χ2n) is 5.87. The number of methoxy groups -OCH3 is 1. The van der Waals surface area contributed by atoms with E-state index in [4.69, 9.17) is 27.9 Å². The van der Waals surface area contributed by atoms with Crippen molar-refractivity contribution in [1.29, 1.82) is 0 Å². The minimum atomic E-state index is -0.0663. The predicted octanol–water partition coefficient (Wildman–Crippen LogP) is 5.48. The molecule has 2 aromatic carbocycles. The van der Waals surface area contributed by atoms with Gasteiger partial charge in [-0.15, -0.1) is 0 Å². The summed E-state index contributed by atoms with van der Waals surface area (Å²) in [5.74, 6) is 0.673. The number of halogens is 4. The molecular formula is C18H16Br2Cl2N4O2. The van der Waals surface area contributed by atoms with Gasteiger partial charge in [0.25, 0.3) is 0 Å². The first-order valence-electron chi connectivity index (χ1n) is 8.05. The highest BCUT2D eigenvalue weighted by molar-refractivity contribution is 9.10. The van der Waals surface area contributed by atoms with E-state index in [2.05, 4.69) is 42.1 Å². The molecule has 2 aromatic heterocycles. The standard InChI is InChI=1S/2C9H8BrClN2O/c1-13-9(14-2)7-6(12-13)4-3-5(10)8(7)11;1-13-7(4-14)8-6(12-13)3-2-5(10)9(8)11/h3-4H,1-2H3;2-3,14H,4H2,1H3. The number of ether oxygens (including phenoxy) is 1. The molecule has 28 heavy (non-hydrogen) atoms. The monoisotopic (exact) mass is 548 g/mol. The molecule has 0 aliphatic rings. The van der Waals surface area contributed by atoms with E-state index in [1.165, 1.54) is 0 Å². The van der Waals surface area contributed by atoms with Crippen LogP contribution in [-0.2, 0) is 20.7 Å². The normalized spacial score (nSPS) is 11.0. The molecule has 1 N–H and O–H groups in total. The minimum Gasteiger partial charge on any atom is -0.481 e. The summed E-state index contributed by atoms with van der Waals surface area (Å²) in [4.78, 5) is 0. The Hall–Kier alpha value is -1.32. The Kier molecular flexibility index (Phi) is 6.56. The van der Waals surface area contributed by atoms with E-state index >= 15 is 0 Å². The van der Waals surface area contributed by atoms with Crippen LogP contribution in [0.3, 0.4) is 0 Å². The molecule has 4 aromatic rings. The van der Waals surface area contributed by atoms with Gasteiger partial charge in [0.1, 0.15) is 0 Å². The topological polar surface area (TPSA) is 65.1 Å². The van der Waals surface area contributed by atoms with E-state index in [-0.39, 0.29) is 6.61 Å². The molecule has 0 saturated heterocycles. The van der Waals surface area contributed by atoms with Crippen molar-refractivity contribution in [3.8, 4) is 5.88 Å². The number of aryl methyl sites for hydroxylation is 2. The highest BCUT2D eigenvalue weighted by Crippen LogP contribution is 2.36. The van der Waals surface area contributed by atoms with Crippen molar-refractivity contribution in [1.82, 2.24) is 19.6 Å². The molecule has 0 fully saturated rings. The highest BCUT2D eigenvalue weighted by Gasteiger charge is 2.14.